The Bertz CT molecular complexity index is 454. The Morgan fingerprint density at radius 2 is 1.05 bits per heavy atom. The molecule has 0 N–H and O–H groups in total. The van der Waals surface area contributed by atoms with E-state index in [-0.39, 0.29) is 10.8 Å². The molecule has 0 saturated heterocycles. The van der Waals surface area contributed by atoms with Gasteiger partial charge in [0.15, 0.2) is 11.5 Å². The van der Waals surface area contributed by atoms with Crippen LogP contribution >= 0.6 is 0 Å². The van der Waals surface area contributed by atoms with Crippen LogP contribution in [0.3, 0.4) is 0 Å². The molecule has 0 saturated carbocycles. The molecule has 1 heterocycles. The zero-order valence-corrected chi connectivity index (χ0v) is 13.5. The molecule has 19 heavy (non-hydrogen) atoms. The van der Waals surface area contributed by atoms with Gasteiger partial charge in [0.05, 0.1) is 0 Å². The first kappa shape index (κ1) is 14.2. The van der Waals surface area contributed by atoms with Crippen molar-refractivity contribution in [2.24, 2.45) is 0 Å². The van der Waals surface area contributed by atoms with Gasteiger partial charge in [0.1, 0.15) is 0 Å². The third-order valence-corrected chi connectivity index (χ3v) is 3.41. The van der Waals surface area contributed by atoms with Crippen molar-refractivity contribution in [3.8, 4) is 11.5 Å². The second-order valence-corrected chi connectivity index (χ2v) is 7.95. The number of fused-ring (bicyclic) bond motifs is 1. The zero-order chi connectivity index (χ0) is 14.6. The average Bonchev–Trinajstić information content (AvgIpc) is 2.45. The van der Waals surface area contributed by atoms with Gasteiger partial charge >= 0.3 is 0 Å². The van der Waals surface area contributed by atoms with Crippen molar-refractivity contribution in [3.63, 3.8) is 0 Å². The van der Waals surface area contributed by atoms with E-state index in [1.165, 1.54) is 11.1 Å². The third-order valence-electron chi connectivity index (χ3n) is 3.41. The van der Waals surface area contributed by atoms with Crippen molar-refractivity contribution in [2.45, 2.75) is 72.0 Å². The molecular weight excluding hydrogens is 236 g/mol. The largest absolute Gasteiger partial charge is 0.449 e. The molecule has 2 heteroatoms. The van der Waals surface area contributed by atoms with Crippen LogP contribution in [0.1, 0.15) is 66.5 Å². The molecule has 0 radical (unpaired) electrons. The minimum absolute atomic E-state index is 0.0910. The summed E-state index contributed by atoms with van der Waals surface area (Å²) in [6.45, 7) is 17.3. The van der Waals surface area contributed by atoms with Gasteiger partial charge in [-0.25, -0.2) is 0 Å². The van der Waals surface area contributed by atoms with E-state index in [0.717, 1.165) is 11.5 Å². The van der Waals surface area contributed by atoms with E-state index in [0.29, 0.717) is 0 Å². The maximum atomic E-state index is 5.88. The summed E-state index contributed by atoms with van der Waals surface area (Å²) in [5, 5.41) is 0. The van der Waals surface area contributed by atoms with E-state index < -0.39 is 5.79 Å². The van der Waals surface area contributed by atoms with E-state index in [1.54, 1.807) is 0 Å². The molecule has 0 bridgehead atoms. The first-order valence-corrected chi connectivity index (χ1v) is 6.97. The maximum absolute atomic E-state index is 5.88. The van der Waals surface area contributed by atoms with Crippen molar-refractivity contribution in [1.82, 2.24) is 0 Å². The molecule has 0 aliphatic carbocycles. The van der Waals surface area contributed by atoms with Crippen LogP contribution in [0.4, 0.5) is 0 Å². The lowest BCUT2D eigenvalue weighted by Gasteiger charge is -2.30. The normalized spacial score (nSPS) is 17.7. The van der Waals surface area contributed by atoms with Crippen LogP contribution in [0.25, 0.3) is 0 Å². The molecule has 2 rings (SSSR count). The minimum Gasteiger partial charge on any atom is -0.449 e. The fourth-order valence-corrected chi connectivity index (χ4v) is 2.51. The van der Waals surface area contributed by atoms with Gasteiger partial charge in [-0.05, 0) is 34.1 Å². The van der Waals surface area contributed by atoms with Crippen LogP contribution in [0, 0.1) is 0 Å². The molecule has 0 atom stereocenters. The summed E-state index contributed by atoms with van der Waals surface area (Å²) < 4.78 is 11.8. The van der Waals surface area contributed by atoms with Crippen molar-refractivity contribution in [3.05, 3.63) is 23.3 Å². The molecule has 1 aliphatic rings. The molecule has 1 aromatic rings. The molecule has 0 unspecified atom stereocenters. The first-order valence-electron chi connectivity index (χ1n) is 6.97. The summed E-state index contributed by atoms with van der Waals surface area (Å²) >= 11 is 0. The molecule has 0 aromatic heterocycles. The van der Waals surface area contributed by atoms with Crippen LogP contribution in [-0.4, -0.2) is 5.79 Å². The maximum Gasteiger partial charge on any atom is 0.246 e. The summed E-state index contributed by atoms with van der Waals surface area (Å²) in [5.41, 5.74) is 2.85. The number of rotatable bonds is 0. The fraction of sp³-hybridized carbons (Fsp3) is 0.647. The quantitative estimate of drug-likeness (QED) is 0.669. The second-order valence-electron chi connectivity index (χ2n) is 7.95. The van der Waals surface area contributed by atoms with E-state index in [4.69, 9.17) is 9.47 Å². The Kier molecular flexibility index (Phi) is 2.93. The predicted molar refractivity (Wildman–Crippen MR) is 79.2 cm³/mol. The molecule has 0 spiro atoms. The number of hydrogen-bond acceptors (Lipinski definition) is 2. The lowest BCUT2D eigenvalue weighted by Crippen LogP contribution is -2.29. The third kappa shape index (κ3) is 2.72. The van der Waals surface area contributed by atoms with Crippen molar-refractivity contribution >= 4 is 0 Å². The first-order chi connectivity index (χ1) is 8.40. The number of hydrogen-bond donors (Lipinski definition) is 0. The molecule has 1 aromatic carbocycles. The Balaban J connectivity index is 2.63. The van der Waals surface area contributed by atoms with Crippen LogP contribution in [-0.2, 0) is 10.8 Å². The van der Waals surface area contributed by atoms with Gasteiger partial charge < -0.3 is 9.47 Å². The number of ether oxygens (including phenoxy) is 2. The molecule has 1 aliphatic heterocycles. The SMILES string of the molecule is CC1(C)Oc2cc(C(C)(C)C)c(C(C)(C)C)cc2O1. The summed E-state index contributed by atoms with van der Waals surface area (Å²) in [5.74, 6) is 1.17. The second kappa shape index (κ2) is 3.91. The van der Waals surface area contributed by atoms with Crippen LogP contribution < -0.4 is 9.47 Å². The van der Waals surface area contributed by atoms with Crippen LogP contribution in [0.5, 0.6) is 11.5 Å². The van der Waals surface area contributed by atoms with Gasteiger partial charge in [-0.3, -0.25) is 0 Å². The summed E-state index contributed by atoms with van der Waals surface area (Å²) in [6, 6.07) is 4.31. The van der Waals surface area contributed by atoms with Gasteiger partial charge in [0, 0.05) is 13.8 Å². The molecule has 0 fully saturated rings. The van der Waals surface area contributed by atoms with Crippen LogP contribution in [0.15, 0.2) is 12.1 Å². The Hall–Kier alpha value is -1.18. The smallest absolute Gasteiger partial charge is 0.246 e. The highest BCUT2D eigenvalue weighted by Gasteiger charge is 2.35. The van der Waals surface area contributed by atoms with Gasteiger partial charge in [-0.2, -0.15) is 0 Å². The van der Waals surface area contributed by atoms with Crippen molar-refractivity contribution in [1.29, 1.82) is 0 Å². The van der Waals surface area contributed by atoms with E-state index >= 15 is 0 Å². The van der Waals surface area contributed by atoms with Gasteiger partial charge in [0.25, 0.3) is 0 Å². The van der Waals surface area contributed by atoms with E-state index in [2.05, 4.69) is 53.7 Å². The van der Waals surface area contributed by atoms with E-state index in [9.17, 15) is 0 Å². The topological polar surface area (TPSA) is 18.5 Å². The monoisotopic (exact) mass is 262 g/mol. The lowest BCUT2D eigenvalue weighted by molar-refractivity contribution is -0.0432. The Labute approximate surface area is 117 Å². The average molecular weight is 262 g/mol. The summed E-state index contributed by atoms with van der Waals surface area (Å²) in [4.78, 5) is 0. The standard InChI is InChI=1S/C17H26O2/c1-15(2,3)11-9-13-14(19-17(7,8)18-13)10-12(11)16(4,5)6/h9-10H,1-8H3. The highest BCUT2D eigenvalue weighted by atomic mass is 16.7. The fourth-order valence-electron chi connectivity index (χ4n) is 2.51. The summed E-state index contributed by atoms with van der Waals surface area (Å²) in [6.07, 6.45) is 0. The number of benzene rings is 1. The summed E-state index contributed by atoms with van der Waals surface area (Å²) in [7, 11) is 0. The predicted octanol–water partition coefficient (Wildman–Crippen LogP) is 4.79. The Morgan fingerprint density at radius 1 is 0.737 bits per heavy atom. The molecular formula is C17H26O2. The van der Waals surface area contributed by atoms with Gasteiger partial charge in [-0.15, -0.1) is 0 Å². The highest BCUT2D eigenvalue weighted by molar-refractivity contribution is 5.53. The van der Waals surface area contributed by atoms with Crippen molar-refractivity contribution < 1.29 is 9.47 Å². The highest BCUT2D eigenvalue weighted by Crippen LogP contribution is 2.46. The molecule has 2 nitrogen and oxygen atoms in total. The molecule has 106 valence electrons. The van der Waals surface area contributed by atoms with Crippen molar-refractivity contribution in [2.75, 3.05) is 0 Å². The zero-order valence-electron chi connectivity index (χ0n) is 13.5. The minimum atomic E-state index is -0.562. The molecule has 0 amide bonds. The van der Waals surface area contributed by atoms with Gasteiger partial charge in [0.2, 0.25) is 5.79 Å². The lowest BCUT2D eigenvalue weighted by atomic mass is 9.75. The van der Waals surface area contributed by atoms with Gasteiger partial charge in [-0.1, -0.05) is 41.5 Å². The Morgan fingerprint density at radius 3 is 1.32 bits per heavy atom. The van der Waals surface area contributed by atoms with E-state index in [1.807, 2.05) is 13.8 Å². The van der Waals surface area contributed by atoms with Crippen LogP contribution in [0.2, 0.25) is 0 Å².